The third kappa shape index (κ3) is 3.19. The number of rotatable bonds is 2. The molecule has 2 aromatic carbocycles. The summed E-state index contributed by atoms with van der Waals surface area (Å²) in [5, 5.41) is 0. The minimum atomic E-state index is -2.91. The van der Waals surface area contributed by atoms with Crippen LogP contribution in [0, 0.1) is 13.8 Å². The molecule has 0 radical (unpaired) electrons. The largest absolute Gasteiger partial charge is 0.147 e. The van der Waals surface area contributed by atoms with E-state index in [1.54, 1.807) is 33.4 Å². The van der Waals surface area contributed by atoms with Gasteiger partial charge in [-0.25, -0.2) is 0 Å². The molecule has 1 fully saturated rings. The van der Waals surface area contributed by atoms with Gasteiger partial charge in [0.1, 0.15) is 0 Å². The number of allylic oxidation sites excluding steroid dienone is 10. The Balaban J connectivity index is 0.00000114. The van der Waals surface area contributed by atoms with Gasteiger partial charge in [0.25, 0.3) is 0 Å². The van der Waals surface area contributed by atoms with Crippen molar-refractivity contribution in [2.45, 2.75) is 34.0 Å². The Morgan fingerprint density at radius 1 is 0.636 bits per heavy atom. The number of fused-ring (bicyclic) bond motifs is 6. The zero-order chi connectivity index (χ0) is 20.7. The van der Waals surface area contributed by atoms with E-state index in [0.29, 0.717) is 11.8 Å². The van der Waals surface area contributed by atoms with Crippen molar-refractivity contribution in [1.29, 1.82) is 0 Å². The monoisotopic (exact) mass is 638 g/mol. The Morgan fingerprint density at radius 2 is 1.09 bits per heavy atom. The van der Waals surface area contributed by atoms with Crippen LogP contribution in [0.1, 0.15) is 45.2 Å². The molecule has 0 bridgehead atoms. The summed E-state index contributed by atoms with van der Waals surface area (Å²) in [5.41, 5.74) is 12.3. The van der Waals surface area contributed by atoms with Crippen molar-refractivity contribution in [1.82, 2.24) is 0 Å². The summed E-state index contributed by atoms with van der Waals surface area (Å²) < 4.78 is 6.60. The van der Waals surface area contributed by atoms with Crippen molar-refractivity contribution in [3.05, 3.63) is 130 Å². The molecule has 0 aromatic heterocycles. The fourth-order valence-electron chi connectivity index (χ4n) is 6.55. The van der Waals surface area contributed by atoms with E-state index in [1.807, 2.05) is 6.66 Å². The first kappa shape index (κ1) is 23.1. The fraction of sp³-hybridized carbons (Fsp3) is 0.200. The SMILES string of the molecule is Cc1ccc2c(c1)[C]([Hf]1([C]3=C4C=CC=CC4c4ccc(C)cc43)[CH2][CH2]1)=C1C=CC=CC12.Cl.Cl. The summed E-state index contributed by atoms with van der Waals surface area (Å²) in [7, 11) is 0. The molecule has 2 unspecified atom stereocenters. The second-order valence-corrected chi connectivity index (χ2v) is 24.8. The molecule has 7 rings (SSSR count). The molecule has 0 amide bonds. The maximum absolute atomic E-state index is 2.91. The second kappa shape index (κ2) is 8.22. The van der Waals surface area contributed by atoms with Gasteiger partial charge < -0.3 is 0 Å². The van der Waals surface area contributed by atoms with Gasteiger partial charge in [-0.05, 0) is 0 Å². The molecular weight excluding hydrogens is 610 g/mol. The van der Waals surface area contributed by atoms with Crippen LogP contribution in [0.3, 0.4) is 0 Å². The first-order valence-electron chi connectivity index (χ1n) is 11.6. The van der Waals surface area contributed by atoms with Crippen molar-refractivity contribution in [3.63, 3.8) is 0 Å². The summed E-state index contributed by atoms with van der Waals surface area (Å²) in [4.78, 5) is 0. The molecule has 2 atom stereocenters. The molecule has 2 aromatic rings. The standard InChI is InChI=1S/2C14H11.C2H4.2ClH.Hf/c2*1-10-6-7-14-12(8-10)9-11-4-2-3-5-13(11)14;1-2;;;/h2*2-8,13H,1H3;1-2H2;2*1H;. The van der Waals surface area contributed by atoms with Crippen LogP contribution in [-0.2, 0) is 20.0 Å². The Hall–Kier alpha value is -1.67. The van der Waals surface area contributed by atoms with Gasteiger partial charge in [0.05, 0.1) is 0 Å². The normalized spacial score (nSPS) is 24.1. The van der Waals surface area contributed by atoms with Crippen LogP contribution in [0.2, 0.25) is 8.35 Å². The van der Waals surface area contributed by atoms with Crippen molar-refractivity contribution in [2.75, 3.05) is 0 Å². The van der Waals surface area contributed by atoms with E-state index in [2.05, 4.69) is 98.9 Å². The third-order valence-electron chi connectivity index (χ3n) is 7.96. The number of hydrogen-bond acceptors (Lipinski definition) is 0. The summed E-state index contributed by atoms with van der Waals surface area (Å²) >= 11 is -2.91. The third-order valence-corrected chi connectivity index (χ3v) is 24.2. The van der Waals surface area contributed by atoms with E-state index in [9.17, 15) is 0 Å². The second-order valence-electron chi connectivity index (χ2n) is 9.87. The Bertz CT molecular complexity index is 1260. The smallest absolute Gasteiger partial charge is 0.147 e. The number of benzene rings is 2. The quantitative estimate of drug-likeness (QED) is 0.289. The number of halogens is 2. The zero-order valence-electron chi connectivity index (χ0n) is 19.0. The summed E-state index contributed by atoms with van der Waals surface area (Å²) in [5.74, 6) is 0.935. The van der Waals surface area contributed by atoms with E-state index in [1.165, 1.54) is 19.5 Å². The minimum absolute atomic E-state index is 0. The van der Waals surface area contributed by atoms with E-state index < -0.39 is 20.0 Å². The minimum Gasteiger partial charge on any atom is -0.147 e. The molecule has 5 aliphatic rings. The molecule has 4 aliphatic carbocycles. The number of aryl methyl sites for hydroxylation is 2. The van der Waals surface area contributed by atoms with Gasteiger partial charge in [-0.3, -0.25) is 0 Å². The van der Waals surface area contributed by atoms with Crippen molar-refractivity contribution >= 4 is 31.5 Å². The zero-order valence-corrected chi connectivity index (χ0v) is 24.2. The van der Waals surface area contributed by atoms with Gasteiger partial charge >= 0.3 is 190 Å². The van der Waals surface area contributed by atoms with Crippen molar-refractivity contribution in [2.24, 2.45) is 0 Å². The van der Waals surface area contributed by atoms with Gasteiger partial charge in [-0.1, -0.05) is 0 Å². The molecule has 0 spiro atoms. The maximum atomic E-state index is 2.50. The molecule has 0 nitrogen and oxygen atoms in total. The predicted molar refractivity (Wildman–Crippen MR) is 142 cm³/mol. The topological polar surface area (TPSA) is 0 Å². The van der Waals surface area contributed by atoms with E-state index in [-0.39, 0.29) is 24.8 Å². The van der Waals surface area contributed by atoms with Crippen molar-refractivity contribution < 1.29 is 20.0 Å². The molecule has 1 heterocycles. The molecular formula is C30H28Cl2Hf. The average Bonchev–Trinajstić information content (AvgIpc) is 3.39. The van der Waals surface area contributed by atoms with E-state index in [0.717, 1.165) is 0 Å². The average molecular weight is 638 g/mol. The first-order chi connectivity index (χ1) is 15.2. The first-order valence-corrected chi connectivity index (χ1v) is 20.3. The molecule has 1 saturated heterocycles. The molecule has 1 aliphatic heterocycles. The van der Waals surface area contributed by atoms with Crippen LogP contribution < -0.4 is 0 Å². The van der Waals surface area contributed by atoms with Gasteiger partial charge in [0.15, 0.2) is 0 Å². The summed E-state index contributed by atoms with van der Waals surface area (Å²) in [6, 6.07) is 14.4. The van der Waals surface area contributed by atoms with Gasteiger partial charge in [0, 0.05) is 0 Å². The summed E-state index contributed by atoms with van der Waals surface area (Å²) in [6.07, 6.45) is 18.8. The molecule has 166 valence electrons. The van der Waals surface area contributed by atoms with Crippen LogP contribution >= 0.6 is 24.8 Å². The van der Waals surface area contributed by atoms with Crippen LogP contribution in [0.15, 0.2) is 96.2 Å². The summed E-state index contributed by atoms with van der Waals surface area (Å²) in [6.45, 7) is 4.51. The molecule has 3 heteroatoms. The van der Waals surface area contributed by atoms with E-state index in [4.69, 9.17) is 0 Å². The van der Waals surface area contributed by atoms with Crippen LogP contribution in [0.4, 0.5) is 0 Å². The molecule has 33 heavy (non-hydrogen) atoms. The Morgan fingerprint density at radius 3 is 1.52 bits per heavy atom. The van der Waals surface area contributed by atoms with Crippen LogP contribution in [0.25, 0.3) is 6.66 Å². The maximum Gasteiger partial charge on any atom is -0.147 e. The van der Waals surface area contributed by atoms with E-state index >= 15 is 0 Å². The Kier molecular flexibility index (Phi) is 5.75. The predicted octanol–water partition coefficient (Wildman–Crippen LogP) is 8.72. The van der Waals surface area contributed by atoms with Gasteiger partial charge in [0.2, 0.25) is 0 Å². The molecule has 0 saturated carbocycles. The van der Waals surface area contributed by atoms with Crippen LogP contribution in [0.5, 0.6) is 0 Å². The number of hydrogen-bond donors (Lipinski definition) is 0. The van der Waals surface area contributed by atoms with Gasteiger partial charge in [-0.2, -0.15) is 0 Å². The molecule has 0 N–H and O–H groups in total. The van der Waals surface area contributed by atoms with Gasteiger partial charge in [-0.15, -0.1) is 24.8 Å². The Labute approximate surface area is 213 Å². The van der Waals surface area contributed by atoms with Crippen molar-refractivity contribution in [3.8, 4) is 0 Å². The fourth-order valence-corrected chi connectivity index (χ4v) is 30.2. The van der Waals surface area contributed by atoms with Crippen LogP contribution in [-0.4, -0.2) is 0 Å².